The fourth-order valence-electron chi connectivity index (χ4n) is 3.17. The number of rotatable bonds is 5. The van der Waals surface area contributed by atoms with Gasteiger partial charge in [0.2, 0.25) is 0 Å². The van der Waals surface area contributed by atoms with Crippen LogP contribution >= 0.6 is 0 Å². The number of ether oxygens (including phenoxy) is 1. The molecule has 4 rings (SSSR count). The van der Waals surface area contributed by atoms with Crippen molar-refractivity contribution in [2.45, 2.75) is 6.42 Å². The lowest BCUT2D eigenvalue weighted by Gasteiger charge is -2.13. The van der Waals surface area contributed by atoms with Crippen molar-refractivity contribution in [2.75, 3.05) is 0 Å². The minimum absolute atomic E-state index is 0.0205. The highest BCUT2D eigenvalue weighted by Gasteiger charge is 2.17. The van der Waals surface area contributed by atoms with Gasteiger partial charge in [-0.1, -0.05) is 84.9 Å². The normalized spacial score (nSPS) is 10.6. The van der Waals surface area contributed by atoms with Crippen molar-refractivity contribution in [2.24, 2.45) is 0 Å². The molecule has 0 bridgehead atoms. The van der Waals surface area contributed by atoms with Crippen molar-refractivity contribution in [3.8, 4) is 5.75 Å². The molecule has 0 aromatic heterocycles. The van der Waals surface area contributed by atoms with Crippen molar-refractivity contribution < 1.29 is 14.3 Å². The Bertz CT molecular complexity index is 1130. The first-order chi connectivity index (χ1) is 13.7. The summed E-state index contributed by atoms with van der Waals surface area (Å²) < 4.78 is 5.79. The Kier molecular flexibility index (Phi) is 4.98. The summed E-state index contributed by atoms with van der Waals surface area (Å²) in [6.07, 6.45) is 0.159. The van der Waals surface area contributed by atoms with Crippen LogP contribution in [-0.2, 0) is 6.42 Å². The maximum absolute atomic E-state index is 12.7. The van der Waals surface area contributed by atoms with Gasteiger partial charge >= 0.3 is 5.97 Å². The van der Waals surface area contributed by atoms with Crippen LogP contribution in [0.4, 0.5) is 0 Å². The molecule has 4 aromatic rings. The summed E-state index contributed by atoms with van der Waals surface area (Å²) in [5, 5.41) is 1.76. The lowest BCUT2D eigenvalue weighted by atomic mass is 9.98. The molecule has 136 valence electrons. The van der Waals surface area contributed by atoms with Crippen LogP contribution in [0.2, 0.25) is 0 Å². The van der Waals surface area contributed by atoms with E-state index in [-0.39, 0.29) is 12.2 Å². The van der Waals surface area contributed by atoms with E-state index in [1.165, 1.54) is 0 Å². The van der Waals surface area contributed by atoms with Gasteiger partial charge in [-0.25, -0.2) is 4.79 Å². The van der Waals surface area contributed by atoms with E-state index in [0.717, 1.165) is 10.8 Å². The third kappa shape index (κ3) is 3.69. The van der Waals surface area contributed by atoms with E-state index in [2.05, 4.69) is 0 Å². The molecule has 0 atom stereocenters. The second-order valence-electron chi connectivity index (χ2n) is 6.50. The summed E-state index contributed by atoms with van der Waals surface area (Å²) in [5.41, 5.74) is 1.79. The number of Topliss-reactive ketones (excluding diaryl/α,β-unsaturated/α-hetero) is 1. The molecule has 0 saturated carbocycles. The van der Waals surface area contributed by atoms with E-state index in [1.54, 1.807) is 36.4 Å². The number of benzene rings is 4. The summed E-state index contributed by atoms with van der Waals surface area (Å²) in [6, 6.07) is 29.5. The van der Waals surface area contributed by atoms with Crippen molar-refractivity contribution in [1.29, 1.82) is 0 Å². The molecule has 0 aliphatic rings. The summed E-state index contributed by atoms with van der Waals surface area (Å²) >= 11 is 0. The van der Waals surface area contributed by atoms with Gasteiger partial charge in [0.05, 0.1) is 5.56 Å². The van der Waals surface area contributed by atoms with E-state index in [1.807, 2.05) is 60.7 Å². The van der Waals surface area contributed by atoms with Crippen LogP contribution in [0.15, 0.2) is 97.1 Å². The van der Waals surface area contributed by atoms with E-state index in [4.69, 9.17) is 4.74 Å². The first-order valence-corrected chi connectivity index (χ1v) is 9.08. The van der Waals surface area contributed by atoms with E-state index in [0.29, 0.717) is 22.4 Å². The molecule has 0 N–H and O–H groups in total. The van der Waals surface area contributed by atoms with Crippen LogP contribution in [-0.4, -0.2) is 11.8 Å². The number of ketones is 1. The molecule has 28 heavy (non-hydrogen) atoms. The SMILES string of the molecule is O=C(Cc1ccc2ccccc2c1OC(=O)c1ccccc1)c1ccccc1. The third-order valence-corrected chi connectivity index (χ3v) is 4.61. The highest BCUT2D eigenvalue weighted by Crippen LogP contribution is 2.31. The summed E-state index contributed by atoms with van der Waals surface area (Å²) in [7, 11) is 0. The van der Waals surface area contributed by atoms with Gasteiger partial charge in [0.1, 0.15) is 5.75 Å². The predicted molar refractivity (Wildman–Crippen MR) is 110 cm³/mol. The molecule has 0 saturated heterocycles. The molecule has 0 spiro atoms. The fourth-order valence-corrected chi connectivity index (χ4v) is 3.17. The number of hydrogen-bond acceptors (Lipinski definition) is 3. The number of carbonyl (C=O) groups excluding carboxylic acids is 2. The molecule has 4 aromatic carbocycles. The van der Waals surface area contributed by atoms with Gasteiger partial charge in [-0.3, -0.25) is 4.79 Å². The van der Waals surface area contributed by atoms with Crippen LogP contribution in [0.1, 0.15) is 26.3 Å². The zero-order valence-electron chi connectivity index (χ0n) is 15.2. The largest absolute Gasteiger partial charge is 0.422 e. The van der Waals surface area contributed by atoms with Gasteiger partial charge in [-0.2, -0.15) is 0 Å². The van der Waals surface area contributed by atoms with Crippen LogP contribution in [0.3, 0.4) is 0 Å². The Labute approximate surface area is 163 Å². The topological polar surface area (TPSA) is 43.4 Å². The Morgan fingerprint density at radius 2 is 1.25 bits per heavy atom. The number of hydrogen-bond donors (Lipinski definition) is 0. The summed E-state index contributed by atoms with van der Waals surface area (Å²) in [4.78, 5) is 25.4. The Morgan fingerprint density at radius 1 is 0.643 bits per heavy atom. The third-order valence-electron chi connectivity index (χ3n) is 4.61. The van der Waals surface area contributed by atoms with Crippen molar-refractivity contribution in [3.63, 3.8) is 0 Å². The molecule has 0 aliphatic heterocycles. The maximum Gasteiger partial charge on any atom is 0.343 e. The minimum atomic E-state index is -0.439. The first kappa shape index (κ1) is 17.7. The van der Waals surface area contributed by atoms with Gasteiger partial charge < -0.3 is 4.74 Å². The zero-order chi connectivity index (χ0) is 19.3. The highest BCUT2D eigenvalue weighted by molar-refractivity contribution is 6.01. The average molecular weight is 366 g/mol. The maximum atomic E-state index is 12.7. The molecule has 0 aliphatic carbocycles. The minimum Gasteiger partial charge on any atom is -0.422 e. The van der Waals surface area contributed by atoms with Gasteiger partial charge in [0, 0.05) is 22.9 Å². The highest BCUT2D eigenvalue weighted by atomic mass is 16.5. The quantitative estimate of drug-likeness (QED) is 0.267. The molecule has 0 amide bonds. The van der Waals surface area contributed by atoms with Crippen LogP contribution in [0.5, 0.6) is 5.75 Å². The van der Waals surface area contributed by atoms with Crippen molar-refractivity contribution >= 4 is 22.5 Å². The van der Waals surface area contributed by atoms with Gasteiger partial charge in [0.25, 0.3) is 0 Å². The number of fused-ring (bicyclic) bond motifs is 1. The standard InChI is InChI=1S/C25H18O3/c26-23(19-10-3-1-4-11-19)17-21-16-15-18-9-7-8-14-22(18)24(21)28-25(27)20-12-5-2-6-13-20/h1-16H,17H2. The van der Waals surface area contributed by atoms with E-state index < -0.39 is 5.97 Å². The average Bonchev–Trinajstić information content (AvgIpc) is 2.76. The molecule has 0 unspecified atom stereocenters. The van der Waals surface area contributed by atoms with E-state index >= 15 is 0 Å². The molecular formula is C25H18O3. The lowest BCUT2D eigenvalue weighted by molar-refractivity contribution is 0.0733. The van der Waals surface area contributed by atoms with Crippen LogP contribution < -0.4 is 4.74 Å². The van der Waals surface area contributed by atoms with Crippen LogP contribution in [0.25, 0.3) is 10.8 Å². The fraction of sp³-hybridized carbons (Fsp3) is 0.0400. The Balaban J connectivity index is 1.73. The Hall–Kier alpha value is -3.72. The zero-order valence-corrected chi connectivity index (χ0v) is 15.2. The molecule has 0 fully saturated rings. The smallest absolute Gasteiger partial charge is 0.343 e. The summed E-state index contributed by atoms with van der Waals surface area (Å²) in [5.74, 6) is -0.0190. The molecule has 0 heterocycles. The molecular weight excluding hydrogens is 348 g/mol. The summed E-state index contributed by atoms with van der Waals surface area (Å²) in [6.45, 7) is 0. The van der Waals surface area contributed by atoms with Crippen molar-refractivity contribution in [1.82, 2.24) is 0 Å². The van der Waals surface area contributed by atoms with Crippen molar-refractivity contribution in [3.05, 3.63) is 114 Å². The second-order valence-corrected chi connectivity index (χ2v) is 6.50. The number of carbonyl (C=O) groups is 2. The molecule has 3 heteroatoms. The second kappa shape index (κ2) is 7.89. The van der Waals surface area contributed by atoms with Gasteiger partial charge in [0.15, 0.2) is 5.78 Å². The van der Waals surface area contributed by atoms with E-state index in [9.17, 15) is 9.59 Å². The number of esters is 1. The molecule has 0 radical (unpaired) electrons. The van der Waals surface area contributed by atoms with Crippen LogP contribution in [0, 0.1) is 0 Å². The first-order valence-electron chi connectivity index (χ1n) is 9.08. The predicted octanol–water partition coefficient (Wildman–Crippen LogP) is 5.48. The lowest BCUT2D eigenvalue weighted by Crippen LogP contribution is -2.12. The molecule has 3 nitrogen and oxygen atoms in total. The van der Waals surface area contributed by atoms with Gasteiger partial charge in [-0.05, 0) is 17.5 Å². The van der Waals surface area contributed by atoms with Gasteiger partial charge in [-0.15, -0.1) is 0 Å². The monoisotopic (exact) mass is 366 g/mol. The Morgan fingerprint density at radius 3 is 1.96 bits per heavy atom.